The minimum Gasteiger partial charge on any atom is -0.324 e. The molecule has 0 saturated heterocycles. The summed E-state index contributed by atoms with van der Waals surface area (Å²) >= 11 is 0. The van der Waals surface area contributed by atoms with Gasteiger partial charge in [0, 0.05) is 11.7 Å². The van der Waals surface area contributed by atoms with E-state index in [1.54, 1.807) is 26.0 Å². The molecule has 0 aliphatic heterocycles. The highest BCUT2D eigenvalue weighted by Gasteiger charge is 2.15. The summed E-state index contributed by atoms with van der Waals surface area (Å²) < 4.78 is 28.2. The molecule has 2 aromatic carbocycles. The maximum absolute atomic E-state index is 12.2. The summed E-state index contributed by atoms with van der Waals surface area (Å²) in [6.45, 7) is 3.51. The lowest BCUT2D eigenvalue weighted by Crippen LogP contribution is -2.30. The molecule has 0 aliphatic carbocycles. The van der Waals surface area contributed by atoms with Crippen LogP contribution in [-0.4, -0.2) is 35.4 Å². The van der Waals surface area contributed by atoms with Gasteiger partial charge >= 0.3 is 0 Å². The van der Waals surface area contributed by atoms with E-state index in [2.05, 4.69) is 20.4 Å². The number of sulfonamides is 1. The summed E-state index contributed by atoms with van der Waals surface area (Å²) in [6.07, 6.45) is 0. The molecule has 26 heavy (non-hydrogen) atoms. The summed E-state index contributed by atoms with van der Waals surface area (Å²) in [5.41, 5.74) is 1.99. The normalized spacial score (nSPS) is 11.8. The standard InChI is InChI=1S/C17H19N5O3S/c1-12(2)20-26(24,25)14-9-7-13(8-10-14)18-17(23)11-22-16-6-4-3-5-15(16)19-21-22/h3-10,12,20H,11H2,1-2H3,(H,18,23). The lowest BCUT2D eigenvalue weighted by atomic mass is 10.3. The molecule has 1 aromatic heterocycles. The van der Waals surface area contributed by atoms with Gasteiger partial charge in [0.15, 0.2) is 0 Å². The van der Waals surface area contributed by atoms with Crippen LogP contribution in [0.5, 0.6) is 0 Å². The Morgan fingerprint density at radius 2 is 1.81 bits per heavy atom. The fourth-order valence-corrected chi connectivity index (χ4v) is 3.72. The largest absolute Gasteiger partial charge is 0.324 e. The number of anilines is 1. The van der Waals surface area contributed by atoms with Crippen molar-refractivity contribution in [2.45, 2.75) is 31.3 Å². The first-order valence-corrected chi connectivity index (χ1v) is 9.54. The van der Waals surface area contributed by atoms with E-state index in [0.29, 0.717) is 11.2 Å². The Morgan fingerprint density at radius 1 is 1.12 bits per heavy atom. The smallest absolute Gasteiger partial charge is 0.246 e. The number of aromatic nitrogens is 3. The van der Waals surface area contributed by atoms with Crippen LogP contribution in [-0.2, 0) is 21.4 Å². The quantitative estimate of drug-likeness (QED) is 0.685. The average Bonchev–Trinajstić information content (AvgIpc) is 2.97. The second-order valence-electron chi connectivity index (χ2n) is 6.08. The van der Waals surface area contributed by atoms with Crippen LogP contribution in [0.15, 0.2) is 53.4 Å². The van der Waals surface area contributed by atoms with Crippen molar-refractivity contribution in [3.63, 3.8) is 0 Å². The number of rotatable bonds is 6. The lowest BCUT2D eigenvalue weighted by Gasteiger charge is -2.10. The molecule has 136 valence electrons. The first kappa shape index (κ1) is 18.0. The molecule has 0 radical (unpaired) electrons. The molecule has 0 bridgehead atoms. The van der Waals surface area contributed by atoms with Crippen LogP contribution in [0.1, 0.15) is 13.8 Å². The first-order chi connectivity index (χ1) is 12.3. The maximum Gasteiger partial charge on any atom is 0.246 e. The fourth-order valence-electron chi connectivity index (χ4n) is 2.47. The predicted octanol–water partition coefficient (Wildman–Crippen LogP) is 1.76. The Morgan fingerprint density at radius 3 is 2.50 bits per heavy atom. The second kappa shape index (κ2) is 7.22. The number of carbonyl (C=O) groups is 1. The van der Waals surface area contributed by atoms with Gasteiger partial charge < -0.3 is 5.32 Å². The van der Waals surface area contributed by atoms with E-state index in [4.69, 9.17) is 0 Å². The number of nitrogens with zero attached hydrogens (tertiary/aromatic N) is 3. The molecule has 1 heterocycles. The monoisotopic (exact) mass is 373 g/mol. The molecular formula is C17H19N5O3S. The Bertz CT molecular complexity index is 1030. The molecule has 1 amide bonds. The van der Waals surface area contributed by atoms with E-state index in [-0.39, 0.29) is 23.4 Å². The minimum atomic E-state index is -3.56. The highest BCUT2D eigenvalue weighted by Crippen LogP contribution is 2.15. The van der Waals surface area contributed by atoms with Crippen molar-refractivity contribution in [2.24, 2.45) is 0 Å². The van der Waals surface area contributed by atoms with E-state index in [1.807, 2.05) is 24.3 Å². The van der Waals surface area contributed by atoms with Crippen molar-refractivity contribution < 1.29 is 13.2 Å². The third-order valence-corrected chi connectivity index (χ3v) is 5.23. The summed E-state index contributed by atoms with van der Waals surface area (Å²) in [6, 6.07) is 13.2. The summed E-state index contributed by atoms with van der Waals surface area (Å²) in [4.78, 5) is 12.4. The summed E-state index contributed by atoms with van der Waals surface area (Å²) in [5, 5.41) is 10.7. The molecule has 9 heteroatoms. The van der Waals surface area contributed by atoms with Gasteiger partial charge in [-0.1, -0.05) is 17.3 Å². The number of nitrogens with one attached hydrogen (secondary N) is 2. The van der Waals surface area contributed by atoms with Gasteiger partial charge in [-0.05, 0) is 50.2 Å². The number of hydrogen-bond acceptors (Lipinski definition) is 5. The van der Waals surface area contributed by atoms with Crippen LogP contribution in [0.25, 0.3) is 11.0 Å². The van der Waals surface area contributed by atoms with Crippen LogP contribution in [0, 0.1) is 0 Å². The molecule has 0 spiro atoms. The zero-order chi connectivity index (χ0) is 18.7. The van der Waals surface area contributed by atoms with Crippen LogP contribution in [0.2, 0.25) is 0 Å². The van der Waals surface area contributed by atoms with E-state index in [1.165, 1.54) is 16.8 Å². The fraction of sp³-hybridized carbons (Fsp3) is 0.235. The summed E-state index contributed by atoms with van der Waals surface area (Å²) in [7, 11) is -3.56. The number of hydrogen-bond donors (Lipinski definition) is 2. The number of benzene rings is 2. The average molecular weight is 373 g/mol. The van der Waals surface area contributed by atoms with E-state index >= 15 is 0 Å². The van der Waals surface area contributed by atoms with Crippen molar-refractivity contribution in [3.05, 3.63) is 48.5 Å². The third kappa shape index (κ3) is 4.06. The second-order valence-corrected chi connectivity index (χ2v) is 7.80. The van der Waals surface area contributed by atoms with Gasteiger partial charge in [0.25, 0.3) is 0 Å². The van der Waals surface area contributed by atoms with Gasteiger partial charge in [-0.2, -0.15) is 0 Å². The zero-order valence-corrected chi connectivity index (χ0v) is 15.2. The van der Waals surface area contributed by atoms with E-state index in [9.17, 15) is 13.2 Å². The highest BCUT2D eigenvalue weighted by molar-refractivity contribution is 7.89. The predicted molar refractivity (Wildman–Crippen MR) is 98.1 cm³/mol. The van der Waals surface area contributed by atoms with Crippen molar-refractivity contribution in [2.75, 3.05) is 5.32 Å². The molecule has 0 aliphatic rings. The van der Waals surface area contributed by atoms with Gasteiger partial charge in [0.2, 0.25) is 15.9 Å². The Balaban J connectivity index is 1.68. The van der Waals surface area contributed by atoms with Crippen molar-refractivity contribution in [1.82, 2.24) is 19.7 Å². The Labute approximate surface area is 151 Å². The first-order valence-electron chi connectivity index (χ1n) is 8.05. The molecule has 0 unspecified atom stereocenters. The van der Waals surface area contributed by atoms with Gasteiger partial charge in [0.05, 0.1) is 10.4 Å². The van der Waals surface area contributed by atoms with Crippen LogP contribution >= 0.6 is 0 Å². The molecule has 3 aromatic rings. The van der Waals surface area contributed by atoms with Crippen molar-refractivity contribution in [3.8, 4) is 0 Å². The van der Waals surface area contributed by atoms with Gasteiger partial charge in [-0.3, -0.25) is 4.79 Å². The van der Waals surface area contributed by atoms with Crippen molar-refractivity contribution >= 4 is 32.7 Å². The molecule has 0 fully saturated rings. The highest BCUT2D eigenvalue weighted by atomic mass is 32.2. The molecule has 8 nitrogen and oxygen atoms in total. The van der Waals surface area contributed by atoms with Gasteiger partial charge in [-0.15, -0.1) is 5.10 Å². The van der Waals surface area contributed by atoms with Crippen LogP contribution < -0.4 is 10.0 Å². The Kier molecular flexibility index (Phi) is 5.01. The molecule has 3 rings (SSSR count). The topological polar surface area (TPSA) is 106 Å². The van der Waals surface area contributed by atoms with Gasteiger partial charge in [-0.25, -0.2) is 17.8 Å². The number of para-hydroxylation sites is 1. The molecule has 0 saturated carbocycles. The number of fused-ring (bicyclic) bond motifs is 1. The molecule has 2 N–H and O–H groups in total. The van der Waals surface area contributed by atoms with E-state index in [0.717, 1.165) is 5.52 Å². The molecular weight excluding hydrogens is 354 g/mol. The summed E-state index contributed by atoms with van der Waals surface area (Å²) in [5.74, 6) is -0.281. The molecule has 0 atom stereocenters. The van der Waals surface area contributed by atoms with Crippen LogP contribution in [0.3, 0.4) is 0 Å². The SMILES string of the molecule is CC(C)NS(=O)(=O)c1ccc(NC(=O)Cn2nnc3ccccc32)cc1. The Hall–Kier alpha value is -2.78. The van der Waals surface area contributed by atoms with Gasteiger partial charge in [0.1, 0.15) is 12.1 Å². The maximum atomic E-state index is 12.2. The van der Waals surface area contributed by atoms with Crippen LogP contribution in [0.4, 0.5) is 5.69 Å². The third-order valence-electron chi connectivity index (χ3n) is 3.55. The number of carbonyl (C=O) groups excluding carboxylic acids is 1. The lowest BCUT2D eigenvalue weighted by molar-refractivity contribution is -0.116. The number of amides is 1. The van der Waals surface area contributed by atoms with Crippen molar-refractivity contribution in [1.29, 1.82) is 0 Å². The zero-order valence-electron chi connectivity index (χ0n) is 14.4. The minimum absolute atomic E-state index is 0.00939. The van der Waals surface area contributed by atoms with E-state index < -0.39 is 10.0 Å².